The van der Waals surface area contributed by atoms with E-state index in [9.17, 15) is 28.8 Å². The van der Waals surface area contributed by atoms with E-state index in [2.05, 4.69) is 14.7 Å². The van der Waals surface area contributed by atoms with Crippen molar-refractivity contribution in [1.29, 1.82) is 0 Å². The predicted molar refractivity (Wildman–Crippen MR) is 101 cm³/mol. The highest BCUT2D eigenvalue weighted by molar-refractivity contribution is 7.92. The first kappa shape index (κ1) is 21.9. The van der Waals surface area contributed by atoms with E-state index < -0.39 is 41.0 Å². The monoisotopic (exact) mass is 411 g/mol. The Labute approximate surface area is 161 Å². The Morgan fingerprint density at radius 3 is 2.29 bits per heavy atom. The number of rotatable bonds is 9. The smallest absolute Gasteiger partial charge is 0.263 e. The van der Waals surface area contributed by atoms with Crippen LogP contribution in [0.4, 0.5) is 11.5 Å². The lowest BCUT2D eigenvalue weighted by molar-refractivity contribution is -0.0999. The zero-order chi connectivity index (χ0) is 20.7. The first-order valence-corrected chi connectivity index (χ1v) is 9.64. The fourth-order valence-electron chi connectivity index (χ4n) is 2.12. The van der Waals surface area contributed by atoms with Crippen molar-refractivity contribution < 1.29 is 34.0 Å². The van der Waals surface area contributed by atoms with Crippen LogP contribution in [-0.2, 0) is 10.0 Å². The molecular formula is C17H21N3O7S. The number of sulfonamides is 1. The number of hydrogen-bond acceptors (Lipinski definition) is 9. The second kappa shape index (κ2) is 9.68. The molecule has 2 rings (SSSR count). The maximum absolute atomic E-state index is 12.3. The van der Waals surface area contributed by atoms with Gasteiger partial charge in [0.1, 0.15) is 30.2 Å². The van der Waals surface area contributed by atoms with E-state index in [4.69, 9.17) is 5.11 Å². The molecule has 28 heavy (non-hydrogen) atoms. The molecule has 0 bridgehead atoms. The summed E-state index contributed by atoms with van der Waals surface area (Å²) in [5, 5.41) is 47.0. The number of pyridine rings is 1. The van der Waals surface area contributed by atoms with Gasteiger partial charge in [0.25, 0.3) is 10.0 Å². The summed E-state index contributed by atoms with van der Waals surface area (Å²) in [6.07, 6.45) is -4.40. The normalized spacial score (nSPS) is 16.5. The summed E-state index contributed by atoms with van der Waals surface area (Å²) in [6, 6.07) is 10.1. The van der Waals surface area contributed by atoms with Crippen molar-refractivity contribution in [3.63, 3.8) is 0 Å². The summed E-state index contributed by atoms with van der Waals surface area (Å²) >= 11 is 0. The number of aliphatic imine (C=N–C) groups is 1. The largest absolute Gasteiger partial charge is 0.394 e. The summed E-state index contributed by atoms with van der Waals surface area (Å²) in [7, 11) is -3.84. The van der Waals surface area contributed by atoms with Crippen LogP contribution in [0.1, 0.15) is 0 Å². The lowest BCUT2D eigenvalue weighted by Gasteiger charge is -2.23. The van der Waals surface area contributed by atoms with Crippen LogP contribution in [0.5, 0.6) is 0 Å². The second-order valence-corrected chi connectivity index (χ2v) is 7.50. The van der Waals surface area contributed by atoms with E-state index in [0.29, 0.717) is 0 Å². The number of aliphatic hydroxyl groups is 5. The first-order valence-electron chi connectivity index (χ1n) is 8.16. The molecule has 0 amide bonds. The van der Waals surface area contributed by atoms with Crippen LogP contribution in [-0.4, -0.2) is 76.2 Å². The molecule has 0 spiro atoms. The zero-order valence-corrected chi connectivity index (χ0v) is 15.4. The predicted octanol–water partition coefficient (Wildman–Crippen LogP) is -0.979. The van der Waals surface area contributed by atoms with Gasteiger partial charge in [-0.1, -0.05) is 6.07 Å². The van der Waals surface area contributed by atoms with Gasteiger partial charge in [-0.05, 0) is 36.4 Å². The third-order valence-electron chi connectivity index (χ3n) is 3.71. The average Bonchev–Trinajstić information content (AvgIpc) is 2.71. The highest BCUT2D eigenvalue weighted by atomic mass is 32.2. The molecule has 10 nitrogen and oxygen atoms in total. The van der Waals surface area contributed by atoms with Crippen LogP contribution in [0.25, 0.3) is 0 Å². The molecule has 2 aromatic rings. The molecule has 6 N–H and O–H groups in total. The maximum Gasteiger partial charge on any atom is 0.263 e. The molecule has 0 aliphatic rings. The first-order chi connectivity index (χ1) is 13.2. The number of nitrogens with zero attached hydrogens (tertiary/aromatic N) is 2. The number of aliphatic hydroxyl groups excluding tert-OH is 5. The van der Waals surface area contributed by atoms with Crippen molar-refractivity contribution in [1.82, 2.24) is 4.98 Å². The van der Waals surface area contributed by atoms with Gasteiger partial charge in [0.05, 0.1) is 17.2 Å². The number of hydrogen-bond donors (Lipinski definition) is 6. The fraction of sp³-hybridized carbons (Fsp3) is 0.294. The van der Waals surface area contributed by atoms with Gasteiger partial charge in [-0.2, -0.15) is 0 Å². The van der Waals surface area contributed by atoms with Crippen molar-refractivity contribution in [2.24, 2.45) is 4.99 Å². The van der Waals surface area contributed by atoms with Crippen LogP contribution in [0.15, 0.2) is 58.5 Å². The molecule has 0 radical (unpaired) electrons. The van der Waals surface area contributed by atoms with Crippen LogP contribution < -0.4 is 4.72 Å². The maximum atomic E-state index is 12.3. The van der Waals surface area contributed by atoms with Crippen molar-refractivity contribution in [3.8, 4) is 0 Å². The molecule has 0 saturated carbocycles. The van der Waals surface area contributed by atoms with Gasteiger partial charge in [0, 0.05) is 12.4 Å². The molecular weight excluding hydrogens is 390 g/mol. The van der Waals surface area contributed by atoms with Crippen LogP contribution in [0.2, 0.25) is 0 Å². The molecule has 0 aliphatic heterocycles. The van der Waals surface area contributed by atoms with Gasteiger partial charge < -0.3 is 25.5 Å². The summed E-state index contributed by atoms with van der Waals surface area (Å²) in [6.45, 7) is -0.787. The number of benzene rings is 1. The molecule has 0 aliphatic carbocycles. The quantitative estimate of drug-likeness (QED) is 0.286. The average molecular weight is 411 g/mol. The minimum Gasteiger partial charge on any atom is -0.394 e. The SMILES string of the molecule is O=S(=O)(Nc1ccccn1)c1ccc(N=C[C@H](O)[C@@H](O)[C@H](O)[C@H](O)CO)cc1. The standard InChI is InChI=1S/C17H21N3O7S/c21-10-14(23)17(25)16(24)13(22)9-19-11-4-6-12(7-5-11)28(26,27)20-15-3-1-2-8-18-15/h1-9,13-14,16-17,21-25H,10H2,(H,18,20)/t13-,14+,16+,17+/m0/s1. The highest BCUT2D eigenvalue weighted by Gasteiger charge is 2.29. The van der Waals surface area contributed by atoms with E-state index in [-0.39, 0.29) is 16.4 Å². The molecule has 4 atom stereocenters. The molecule has 1 aromatic carbocycles. The summed E-state index contributed by atoms with van der Waals surface area (Å²) in [5.74, 6) is 0.172. The molecule has 0 fully saturated rings. The van der Waals surface area contributed by atoms with Gasteiger partial charge in [-0.25, -0.2) is 13.4 Å². The zero-order valence-electron chi connectivity index (χ0n) is 14.6. The Morgan fingerprint density at radius 2 is 1.71 bits per heavy atom. The Balaban J connectivity index is 2.05. The molecule has 1 aromatic heterocycles. The molecule has 152 valence electrons. The number of nitrogens with one attached hydrogen (secondary N) is 1. The molecule has 1 heterocycles. The van der Waals surface area contributed by atoms with E-state index in [1.54, 1.807) is 12.1 Å². The topological polar surface area (TPSA) is 173 Å². The van der Waals surface area contributed by atoms with Crippen LogP contribution in [0, 0.1) is 0 Å². The van der Waals surface area contributed by atoms with Crippen molar-refractivity contribution in [2.75, 3.05) is 11.3 Å². The van der Waals surface area contributed by atoms with E-state index in [1.807, 2.05) is 0 Å². The van der Waals surface area contributed by atoms with Gasteiger partial charge in [0.15, 0.2) is 0 Å². The minimum absolute atomic E-state index is 0.0285. The summed E-state index contributed by atoms with van der Waals surface area (Å²) < 4.78 is 26.9. The number of anilines is 1. The Kier molecular flexibility index (Phi) is 7.57. The van der Waals surface area contributed by atoms with Crippen molar-refractivity contribution in [2.45, 2.75) is 29.3 Å². The van der Waals surface area contributed by atoms with Crippen molar-refractivity contribution >= 4 is 27.7 Å². The summed E-state index contributed by atoms with van der Waals surface area (Å²) in [4.78, 5) is 7.74. The Bertz CT molecular complexity index is 875. The number of aromatic nitrogens is 1. The third kappa shape index (κ3) is 5.79. The minimum atomic E-state index is -3.84. The van der Waals surface area contributed by atoms with Gasteiger partial charge in [0.2, 0.25) is 0 Å². The van der Waals surface area contributed by atoms with E-state index >= 15 is 0 Å². The van der Waals surface area contributed by atoms with E-state index in [0.717, 1.165) is 6.21 Å². The van der Waals surface area contributed by atoms with Crippen LogP contribution >= 0.6 is 0 Å². The summed E-state index contributed by atoms with van der Waals surface area (Å²) in [5.41, 5.74) is 0.278. The lowest BCUT2D eigenvalue weighted by Crippen LogP contribution is -2.46. The van der Waals surface area contributed by atoms with Crippen LogP contribution in [0.3, 0.4) is 0 Å². The second-order valence-electron chi connectivity index (χ2n) is 5.81. The Morgan fingerprint density at radius 1 is 1.04 bits per heavy atom. The Hall–Kier alpha value is -2.41. The molecule has 0 unspecified atom stereocenters. The van der Waals surface area contributed by atoms with Gasteiger partial charge >= 0.3 is 0 Å². The molecule has 0 saturated heterocycles. The van der Waals surface area contributed by atoms with Gasteiger partial charge in [-0.3, -0.25) is 9.71 Å². The van der Waals surface area contributed by atoms with Crippen molar-refractivity contribution in [3.05, 3.63) is 48.7 Å². The van der Waals surface area contributed by atoms with E-state index in [1.165, 1.54) is 36.5 Å². The highest BCUT2D eigenvalue weighted by Crippen LogP contribution is 2.19. The fourth-order valence-corrected chi connectivity index (χ4v) is 3.13. The third-order valence-corrected chi connectivity index (χ3v) is 5.08. The molecule has 11 heteroatoms. The van der Waals surface area contributed by atoms with Gasteiger partial charge in [-0.15, -0.1) is 0 Å². The lowest BCUT2D eigenvalue weighted by atomic mass is 10.0.